The summed E-state index contributed by atoms with van der Waals surface area (Å²) in [5.41, 5.74) is 3.40. The minimum atomic E-state index is -0.302. The van der Waals surface area contributed by atoms with Crippen LogP contribution in [0, 0.1) is 6.92 Å². The van der Waals surface area contributed by atoms with E-state index in [9.17, 15) is 0 Å². The lowest BCUT2D eigenvalue weighted by molar-refractivity contribution is 0.00578. The molecule has 14 nitrogen and oxygen atoms in total. The maximum Gasteiger partial charge on any atom is 0.496 e. The third kappa shape index (κ3) is 8.87. The Kier molecular flexibility index (Phi) is 13.0. The molecular weight excluding hydrogens is 683 g/mol. The number of rotatable bonds is 4. The molecule has 6 aromatic rings. The average Bonchev–Trinajstić information content (AvgIpc) is 3.90. The zero-order valence-corrected chi connectivity index (χ0v) is 30.4. The van der Waals surface area contributed by atoms with E-state index in [4.69, 9.17) is 23.8 Å². The summed E-state index contributed by atoms with van der Waals surface area (Å²) in [6.45, 7) is 16.6. The van der Waals surface area contributed by atoms with Gasteiger partial charge in [-0.15, -0.1) is 5.10 Å². The first kappa shape index (κ1) is 40.2. The molecule has 9 rings (SSSR count). The highest BCUT2D eigenvalue weighted by Crippen LogP contribution is 2.36. The number of morpholine rings is 2. The molecule has 9 heterocycles. The SMILES string of the molecule is C.C.CC1(C)OB(c2cccnc2)OC1(C)C.Cc1nc(N2CCOCC2)c2cccn2n1.c1cncc(-c2nc(N3CCOCC3)c3cccn3n2)c1. The Morgan fingerprint density at radius 1 is 0.630 bits per heavy atom. The molecule has 54 heavy (non-hydrogen) atoms. The first-order valence-corrected chi connectivity index (χ1v) is 17.7. The van der Waals surface area contributed by atoms with Crippen LogP contribution in [0.15, 0.2) is 85.7 Å². The second-order valence-electron chi connectivity index (χ2n) is 13.7. The number of pyridine rings is 2. The Morgan fingerprint density at radius 3 is 1.67 bits per heavy atom. The van der Waals surface area contributed by atoms with Gasteiger partial charge in [-0.1, -0.05) is 20.9 Å². The molecule has 0 N–H and O–H groups in total. The van der Waals surface area contributed by atoms with Gasteiger partial charge >= 0.3 is 7.12 Å². The first-order chi connectivity index (χ1) is 25.2. The van der Waals surface area contributed by atoms with Gasteiger partial charge in [0.2, 0.25) is 0 Å². The lowest BCUT2D eigenvalue weighted by Gasteiger charge is -2.32. The van der Waals surface area contributed by atoms with Gasteiger partial charge < -0.3 is 28.6 Å². The third-order valence-corrected chi connectivity index (χ3v) is 9.60. The van der Waals surface area contributed by atoms with Gasteiger partial charge in [-0.05, 0) is 77.1 Å². The van der Waals surface area contributed by atoms with Crippen LogP contribution in [0.25, 0.3) is 22.4 Å². The van der Waals surface area contributed by atoms with Crippen LogP contribution < -0.4 is 15.3 Å². The van der Waals surface area contributed by atoms with E-state index in [0.29, 0.717) is 5.82 Å². The summed E-state index contributed by atoms with van der Waals surface area (Å²) in [6.07, 6.45) is 11.0. The molecule has 0 spiro atoms. The maximum atomic E-state index is 5.89. The van der Waals surface area contributed by atoms with E-state index in [1.165, 1.54) is 0 Å². The highest BCUT2D eigenvalue weighted by molar-refractivity contribution is 6.62. The second kappa shape index (κ2) is 17.5. The summed E-state index contributed by atoms with van der Waals surface area (Å²) in [5.74, 6) is 3.46. The minimum Gasteiger partial charge on any atom is -0.399 e. The van der Waals surface area contributed by atoms with E-state index in [1.807, 2.05) is 105 Å². The fourth-order valence-electron chi connectivity index (χ4n) is 6.07. The van der Waals surface area contributed by atoms with Gasteiger partial charge in [0.05, 0.1) is 37.6 Å². The number of nitrogens with zero attached hydrogens (tertiary/aromatic N) is 10. The summed E-state index contributed by atoms with van der Waals surface area (Å²) < 4.78 is 26.3. The van der Waals surface area contributed by atoms with Crippen molar-refractivity contribution in [3.05, 3.63) is 91.5 Å². The summed E-state index contributed by atoms with van der Waals surface area (Å²) in [4.78, 5) is 22.0. The van der Waals surface area contributed by atoms with E-state index >= 15 is 0 Å². The molecule has 0 unspecified atom stereocenters. The molecule has 0 aromatic carbocycles. The minimum absolute atomic E-state index is 0. The maximum absolute atomic E-state index is 5.89. The van der Waals surface area contributed by atoms with Gasteiger partial charge in [0.25, 0.3) is 0 Å². The molecular formula is C39H53BN10O4. The van der Waals surface area contributed by atoms with Gasteiger partial charge in [0.1, 0.15) is 16.9 Å². The van der Waals surface area contributed by atoms with Crippen molar-refractivity contribution in [1.29, 1.82) is 0 Å². The van der Waals surface area contributed by atoms with Crippen LogP contribution in [0.4, 0.5) is 11.6 Å². The highest BCUT2D eigenvalue weighted by Gasteiger charge is 2.51. The van der Waals surface area contributed by atoms with Crippen molar-refractivity contribution in [1.82, 2.24) is 39.2 Å². The van der Waals surface area contributed by atoms with E-state index in [2.05, 4.69) is 34.9 Å². The fraction of sp³-hybridized carbons (Fsp3) is 0.436. The van der Waals surface area contributed by atoms with E-state index in [1.54, 1.807) is 24.8 Å². The van der Waals surface area contributed by atoms with Crippen LogP contribution >= 0.6 is 0 Å². The van der Waals surface area contributed by atoms with Crippen molar-refractivity contribution in [3.8, 4) is 11.4 Å². The number of ether oxygens (including phenoxy) is 2. The fourth-order valence-corrected chi connectivity index (χ4v) is 6.07. The Bertz CT molecular complexity index is 2050. The summed E-state index contributed by atoms with van der Waals surface area (Å²) >= 11 is 0. The Hall–Kier alpha value is -4.96. The Morgan fingerprint density at radius 2 is 1.15 bits per heavy atom. The van der Waals surface area contributed by atoms with Crippen molar-refractivity contribution >= 4 is 35.3 Å². The Labute approximate surface area is 318 Å². The molecule has 15 heteroatoms. The van der Waals surface area contributed by atoms with Crippen LogP contribution in [0.2, 0.25) is 0 Å². The van der Waals surface area contributed by atoms with Crippen molar-refractivity contribution in [2.24, 2.45) is 0 Å². The van der Waals surface area contributed by atoms with Crippen molar-refractivity contribution in [3.63, 3.8) is 0 Å². The van der Waals surface area contributed by atoms with Crippen LogP contribution in [-0.2, 0) is 18.8 Å². The number of aryl methyl sites for hydroxylation is 1. The predicted molar refractivity (Wildman–Crippen MR) is 213 cm³/mol. The largest absolute Gasteiger partial charge is 0.496 e. The normalized spacial score (nSPS) is 17.5. The molecule has 3 aliphatic heterocycles. The van der Waals surface area contributed by atoms with Crippen LogP contribution in [0.3, 0.4) is 0 Å². The molecule has 3 fully saturated rings. The summed E-state index contributed by atoms with van der Waals surface area (Å²) in [5, 5.41) is 8.91. The van der Waals surface area contributed by atoms with E-state index in [0.717, 1.165) is 92.1 Å². The number of anilines is 2. The lowest BCUT2D eigenvalue weighted by atomic mass is 9.80. The summed E-state index contributed by atoms with van der Waals surface area (Å²) in [6, 6.07) is 15.8. The second-order valence-corrected chi connectivity index (χ2v) is 13.7. The first-order valence-electron chi connectivity index (χ1n) is 17.7. The standard InChI is InChI=1S/C15H15N5O.C11H16BNO2.C11H14N4O.2CH4/c1-3-12(11-16-5-1)14-17-15(19-7-9-21-10-8-19)13-4-2-6-20(13)18-14;1-10(2)11(3,4)15-12(14-10)9-6-5-7-13-8-9;1-9-12-11(14-5-7-16-8-6-14)10-3-2-4-15(10)13-9;;/h1-6,11H,7-10H2;5-8H,1-4H3;2-4H,5-8H2,1H3;2*1H4. The molecule has 3 aliphatic rings. The van der Waals surface area contributed by atoms with Gasteiger partial charge in [0.15, 0.2) is 17.5 Å². The topological polar surface area (TPSA) is 130 Å². The van der Waals surface area contributed by atoms with E-state index < -0.39 is 0 Å². The van der Waals surface area contributed by atoms with Crippen molar-refractivity contribution in [2.75, 3.05) is 62.4 Å². The molecule has 0 aliphatic carbocycles. The predicted octanol–water partition coefficient (Wildman–Crippen LogP) is 5.16. The van der Waals surface area contributed by atoms with Crippen LogP contribution in [-0.4, -0.2) is 110 Å². The van der Waals surface area contributed by atoms with Crippen LogP contribution in [0.1, 0.15) is 48.4 Å². The van der Waals surface area contributed by atoms with Gasteiger partial charge in [-0.25, -0.2) is 19.0 Å². The van der Waals surface area contributed by atoms with Gasteiger partial charge in [0, 0.05) is 74.4 Å². The molecule has 0 radical (unpaired) electrons. The Balaban J connectivity index is 0.000000156. The molecule has 6 aromatic heterocycles. The van der Waals surface area contributed by atoms with Crippen LogP contribution in [0.5, 0.6) is 0 Å². The monoisotopic (exact) mass is 736 g/mol. The number of hydrogen-bond donors (Lipinski definition) is 0. The molecule has 0 atom stereocenters. The van der Waals surface area contributed by atoms with Crippen molar-refractivity contribution < 1.29 is 18.8 Å². The van der Waals surface area contributed by atoms with Gasteiger partial charge in [-0.3, -0.25) is 9.97 Å². The quantitative estimate of drug-likeness (QED) is 0.222. The number of aromatic nitrogens is 8. The van der Waals surface area contributed by atoms with Crippen molar-refractivity contribution in [2.45, 2.75) is 60.7 Å². The van der Waals surface area contributed by atoms with E-state index in [-0.39, 0.29) is 33.2 Å². The number of fused-ring (bicyclic) bond motifs is 2. The smallest absolute Gasteiger partial charge is 0.399 e. The van der Waals surface area contributed by atoms with Gasteiger partial charge in [-0.2, -0.15) is 5.10 Å². The lowest BCUT2D eigenvalue weighted by Crippen LogP contribution is -2.41. The average molecular weight is 737 g/mol. The zero-order chi connectivity index (χ0) is 36.1. The zero-order valence-electron chi connectivity index (χ0n) is 30.4. The molecule has 0 saturated carbocycles. The molecule has 0 bridgehead atoms. The number of hydrogen-bond acceptors (Lipinski definition) is 12. The molecule has 286 valence electrons. The molecule has 3 saturated heterocycles. The summed E-state index contributed by atoms with van der Waals surface area (Å²) in [7, 11) is -0.302. The molecule has 0 amide bonds. The highest BCUT2D eigenvalue weighted by atomic mass is 16.7. The third-order valence-electron chi connectivity index (χ3n) is 9.60.